The normalized spacial score (nSPS) is 11.8. The minimum atomic E-state index is -1.05. The maximum absolute atomic E-state index is 13.6. The largest absolute Gasteiger partial charge is 0.492 e. The predicted octanol–water partition coefficient (Wildman–Crippen LogP) is 5.64. The fourth-order valence-electron chi connectivity index (χ4n) is 4.46. The molecule has 0 bridgehead atoms. The number of anilines is 1. The summed E-state index contributed by atoms with van der Waals surface area (Å²) in [4.78, 5) is 37.8. The summed E-state index contributed by atoms with van der Waals surface area (Å²) < 4.78 is 19.3. The number of carbonyl (C=O) groups excluding carboxylic acids is 2. The number of benzene rings is 4. The number of hydrogen-bond acceptors (Lipinski definition) is 5. The van der Waals surface area contributed by atoms with E-state index in [-0.39, 0.29) is 31.3 Å². The van der Waals surface area contributed by atoms with Gasteiger partial charge in [0.1, 0.15) is 24.2 Å². The van der Waals surface area contributed by atoms with Gasteiger partial charge in [0.15, 0.2) is 5.78 Å². The van der Waals surface area contributed by atoms with Crippen molar-refractivity contribution in [3.8, 4) is 5.75 Å². The molecule has 0 aliphatic rings. The quantitative estimate of drug-likeness (QED) is 0.143. The zero-order valence-electron chi connectivity index (χ0n) is 23.5. The van der Waals surface area contributed by atoms with Crippen LogP contribution in [0.1, 0.15) is 40.9 Å². The van der Waals surface area contributed by atoms with Gasteiger partial charge in [-0.1, -0.05) is 66.7 Å². The third kappa shape index (κ3) is 7.60. The number of halogens is 1. The van der Waals surface area contributed by atoms with Gasteiger partial charge in [0.25, 0.3) is 0 Å². The van der Waals surface area contributed by atoms with Crippen LogP contribution in [0, 0.1) is 5.82 Å². The maximum Gasteiger partial charge on any atom is 0.326 e. The standard InChI is InChI=1S/C34H33FN2O5/c1-34(2,25-11-8-12-26(35)22-25)33(41)36-19-20-42-27-17-15-23(16-18-27)21-30(32(39)40)37-29-14-7-6-13-28(29)31(38)24-9-4-3-5-10-24/h3-18,22,30,37H,19-21H2,1-2H3,(H,36,41)(H,39,40). The molecule has 7 nitrogen and oxygen atoms in total. The highest BCUT2D eigenvalue weighted by Gasteiger charge is 2.29. The Labute approximate surface area is 244 Å². The van der Waals surface area contributed by atoms with Gasteiger partial charge in [-0.25, -0.2) is 9.18 Å². The molecular formula is C34H33FN2O5. The van der Waals surface area contributed by atoms with Crippen molar-refractivity contribution in [2.45, 2.75) is 31.7 Å². The van der Waals surface area contributed by atoms with E-state index in [0.29, 0.717) is 28.1 Å². The maximum atomic E-state index is 13.6. The number of ether oxygens (including phenoxy) is 1. The van der Waals surface area contributed by atoms with Crippen LogP contribution in [0.3, 0.4) is 0 Å². The molecule has 42 heavy (non-hydrogen) atoms. The number of para-hydroxylation sites is 1. The Kier molecular flexibility index (Phi) is 9.70. The lowest BCUT2D eigenvalue weighted by Crippen LogP contribution is -2.41. The van der Waals surface area contributed by atoms with E-state index < -0.39 is 23.2 Å². The summed E-state index contributed by atoms with van der Waals surface area (Å²) in [6.07, 6.45) is 0.175. The molecule has 0 aliphatic heterocycles. The number of hydrogen-bond donors (Lipinski definition) is 3. The molecular weight excluding hydrogens is 535 g/mol. The molecule has 0 radical (unpaired) electrons. The summed E-state index contributed by atoms with van der Waals surface area (Å²) in [6.45, 7) is 3.94. The molecule has 1 unspecified atom stereocenters. The van der Waals surface area contributed by atoms with Crippen molar-refractivity contribution in [2.75, 3.05) is 18.5 Å². The SMILES string of the molecule is CC(C)(C(=O)NCCOc1ccc(CC(Nc2ccccc2C(=O)c2ccccc2)C(=O)O)cc1)c1cccc(F)c1. The van der Waals surface area contributed by atoms with Crippen LogP contribution in [0.2, 0.25) is 0 Å². The predicted molar refractivity (Wildman–Crippen MR) is 159 cm³/mol. The second-order valence-corrected chi connectivity index (χ2v) is 10.4. The van der Waals surface area contributed by atoms with E-state index in [1.165, 1.54) is 12.1 Å². The third-order valence-electron chi connectivity index (χ3n) is 6.97. The van der Waals surface area contributed by atoms with E-state index in [1.54, 1.807) is 98.8 Å². The Morgan fingerprint density at radius 3 is 2.26 bits per heavy atom. The number of carbonyl (C=O) groups is 3. The van der Waals surface area contributed by atoms with Crippen LogP contribution in [-0.4, -0.2) is 42.0 Å². The van der Waals surface area contributed by atoms with Crippen molar-refractivity contribution in [3.05, 3.63) is 131 Å². The van der Waals surface area contributed by atoms with E-state index in [2.05, 4.69) is 10.6 Å². The van der Waals surface area contributed by atoms with Crippen LogP contribution in [0.4, 0.5) is 10.1 Å². The molecule has 4 aromatic rings. The fourth-order valence-corrected chi connectivity index (χ4v) is 4.46. The molecule has 216 valence electrons. The van der Waals surface area contributed by atoms with Crippen molar-refractivity contribution >= 4 is 23.3 Å². The first-order valence-corrected chi connectivity index (χ1v) is 13.6. The highest BCUT2D eigenvalue weighted by atomic mass is 19.1. The van der Waals surface area contributed by atoms with Crippen molar-refractivity contribution in [2.24, 2.45) is 0 Å². The second kappa shape index (κ2) is 13.6. The van der Waals surface area contributed by atoms with Gasteiger partial charge in [-0.05, 0) is 61.4 Å². The van der Waals surface area contributed by atoms with E-state index in [0.717, 1.165) is 5.56 Å². The van der Waals surface area contributed by atoms with E-state index in [9.17, 15) is 23.9 Å². The van der Waals surface area contributed by atoms with E-state index >= 15 is 0 Å². The van der Waals surface area contributed by atoms with Gasteiger partial charge in [0, 0.05) is 23.2 Å². The summed E-state index contributed by atoms with van der Waals surface area (Å²) in [7, 11) is 0. The van der Waals surface area contributed by atoms with Crippen LogP contribution < -0.4 is 15.4 Å². The van der Waals surface area contributed by atoms with Crippen molar-refractivity contribution in [3.63, 3.8) is 0 Å². The van der Waals surface area contributed by atoms with E-state index in [1.807, 2.05) is 6.07 Å². The Morgan fingerprint density at radius 1 is 0.881 bits per heavy atom. The smallest absolute Gasteiger partial charge is 0.326 e. The van der Waals surface area contributed by atoms with Gasteiger partial charge >= 0.3 is 5.97 Å². The fraction of sp³-hybridized carbons (Fsp3) is 0.206. The van der Waals surface area contributed by atoms with Crippen LogP contribution >= 0.6 is 0 Å². The summed E-state index contributed by atoms with van der Waals surface area (Å²) in [5, 5.41) is 15.8. The number of aliphatic carboxylic acids is 1. The number of carboxylic acids is 1. The molecule has 0 aliphatic carbocycles. The van der Waals surface area contributed by atoms with Gasteiger partial charge in [0.2, 0.25) is 5.91 Å². The van der Waals surface area contributed by atoms with Crippen LogP contribution in [-0.2, 0) is 21.4 Å². The number of amides is 1. The zero-order chi connectivity index (χ0) is 30.1. The van der Waals surface area contributed by atoms with Crippen LogP contribution in [0.15, 0.2) is 103 Å². The molecule has 1 amide bonds. The van der Waals surface area contributed by atoms with Crippen LogP contribution in [0.25, 0.3) is 0 Å². The summed E-state index contributed by atoms with van der Waals surface area (Å²) >= 11 is 0. The molecule has 0 aromatic heterocycles. The molecule has 4 aromatic carbocycles. The Hall–Kier alpha value is -4.98. The lowest BCUT2D eigenvalue weighted by atomic mass is 9.83. The molecule has 0 spiro atoms. The minimum Gasteiger partial charge on any atom is -0.492 e. The molecule has 0 fully saturated rings. The van der Waals surface area contributed by atoms with Gasteiger partial charge in [-0.2, -0.15) is 0 Å². The molecule has 0 saturated heterocycles. The second-order valence-electron chi connectivity index (χ2n) is 10.4. The lowest BCUT2D eigenvalue weighted by molar-refractivity contribution is -0.137. The Balaban J connectivity index is 1.32. The van der Waals surface area contributed by atoms with Gasteiger partial charge < -0.3 is 20.5 Å². The van der Waals surface area contributed by atoms with Crippen molar-refractivity contribution < 1.29 is 28.6 Å². The molecule has 0 saturated carbocycles. The molecule has 4 rings (SSSR count). The summed E-state index contributed by atoms with van der Waals surface area (Å²) in [5.41, 5.74) is 1.79. The molecule has 3 N–H and O–H groups in total. The number of carboxylic acid groups (broad SMARTS) is 1. The zero-order valence-corrected chi connectivity index (χ0v) is 23.5. The monoisotopic (exact) mass is 568 g/mol. The lowest BCUT2D eigenvalue weighted by Gasteiger charge is -2.24. The number of rotatable bonds is 13. The number of ketones is 1. The summed E-state index contributed by atoms with van der Waals surface area (Å²) in [6, 6.07) is 27.7. The van der Waals surface area contributed by atoms with Crippen molar-refractivity contribution in [1.29, 1.82) is 0 Å². The van der Waals surface area contributed by atoms with Gasteiger partial charge in [0.05, 0.1) is 12.0 Å². The highest BCUT2D eigenvalue weighted by Crippen LogP contribution is 2.24. The molecule has 1 atom stereocenters. The topological polar surface area (TPSA) is 105 Å². The number of nitrogens with one attached hydrogen (secondary N) is 2. The molecule has 8 heteroatoms. The first kappa shape index (κ1) is 30.0. The average Bonchev–Trinajstić information content (AvgIpc) is 3.00. The van der Waals surface area contributed by atoms with Crippen molar-refractivity contribution in [1.82, 2.24) is 5.32 Å². The van der Waals surface area contributed by atoms with Gasteiger partial charge in [-0.15, -0.1) is 0 Å². The third-order valence-corrected chi connectivity index (χ3v) is 6.97. The first-order chi connectivity index (χ1) is 20.1. The average molecular weight is 569 g/mol. The first-order valence-electron chi connectivity index (χ1n) is 13.6. The Morgan fingerprint density at radius 2 is 1.57 bits per heavy atom. The minimum absolute atomic E-state index is 0.175. The Bertz CT molecular complexity index is 1540. The highest BCUT2D eigenvalue weighted by molar-refractivity contribution is 6.12. The summed E-state index contributed by atoms with van der Waals surface area (Å²) in [5.74, 6) is -1.32. The van der Waals surface area contributed by atoms with Crippen LogP contribution in [0.5, 0.6) is 5.75 Å². The van der Waals surface area contributed by atoms with E-state index in [4.69, 9.17) is 4.74 Å². The van der Waals surface area contributed by atoms with Gasteiger partial charge in [-0.3, -0.25) is 9.59 Å². The molecule has 0 heterocycles.